The fraction of sp³-hybridized carbons (Fsp3) is 0.154. The van der Waals surface area contributed by atoms with Crippen LogP contribution < -0.4 is 23.2 Å². The van der Waals surface area contributed by atoms with Gasteiger partial charge in [0.25, 0.3) is 0 Å². The van der Waals surface area contributed by atoms with E-state index in [1.807, 2.05) is 6.07 Å². The fourth-order valence-corrected chi connectivity index (χ4v) is 1.52. The molecule has 0 aliphatic rings. The van der Waals surface area contributed by atoms with Crippen LogP contribution >= 0.6 is 0 Å². The molecule has 0 amide bonds. The number of halogens is 1. The highest BCUT2D eigenvalue weighted by Gasteiger charge is 2.04. The number of pyridine rings is 1. The van der Waals surface area contributed by atoms with Crippen molar-refractivity contribution in [1.29, 1.82) is 0 Å². The smallest absolute Gasteiger partial charge is 0.178 e. The van der Waals surface area contributed by atoms with Crippen LogP contribution in [0.2, 0.25) is 0 Å². The molecule has 1 heterocycles. The zero-order valence-corrected chi connectivity index (χ0v) is 11.1. The zero-order chi connectivity index (χ0) is 14.3. The van der Waals surface area contributed by atoms with Crippen LogP contribution in [0.15, 0.2) is 54.7 Å². The molecule has 6 heteroatoms. The first-order valence-corrected chi connectivity index (χ1v) is 6.70. The van der Waals surface area contributed by atoms with Gasteiger partial charge < -0.3 is 0 Å². The highest BCUT2D eigenvalue weighted by atomic mass is 35.7. The van der Waals surface area contributed by atoms with Gasteiger partial charge in [0.15, 0.2) is 18.4 Å². The normalized spacial score (nSPS) is 10.6. The van der Waals surface area contributed by atoms with Crippen molar-refractivity contribution in [2.24, 2.45) is 0 Å². The maximum absolute atomic E-state index is 8.49. The minimum Gasteiger partial charge on any atom is -0.222 e. The fourth-order valence-electron chi connectivity index (χ4n) is 1.52. The molecule has 0 atom stereocenters. The second kappa shape index (κ2) is 7.18. The van der Waals surface area contributed by atoms with Crippen molar-refractivity contribution in [2.75, 3.05) is 0 Å². The van der Waals surface area contributed by atoms with Crippen molar-refractivity contribution in [1.82, 2.24) is 0 Å². The van der Waals surface area contributed by atoms with Crippen LogP contribution in [0.5, 0.6) is 0 Å². The van der Waals surface area contributed by atoms with E-state index in [2.05, 4.69) is 60.2 Å². The van der Waals surface area contributed by atoms with Gasteiger partial charge in [0.05, 0.1) is 0 Å². The largest absolute Gasteiger partial charge is 0.222 e. The summed E-state index contributed by atoms with van der Waals surface area (Å²) >= 11 is 0. The lowest BCUT2D eigenvalue weighted by Gasteiger charge is -2.17. The Bertz CT molecular complexity index is 493. The standard InChI is InChI=1S/C13H14N.ClHO4/c1-12-7-5-6-10-14(12)11-13-8-3-2-4-9-13;2-1(3,4)5/h2-10H,11H2,1H3;(H,2,3,4,5)/q+1;/p-1. The molecule has 2 rings (SSSR count). The summed E-state index contributed by atoms with van der Waals surface area (Å²) in [4.78, 5) is 0. The lowest BCUT2D eigenvalue weighted by molar-refractivity contribution is -2.00. The quantitative estimate of drug-likeness (QED) is 0.573. The average molecular weight is 284 g/mol. The van der Waals surface area contributed by atoms with Crippen molar-refractivity contribution in [3.8, 4) is 0 Å². The minimum atomic E-state index is -4.94. The summed E-state index contributed by atoms with van der Waals surface area (Å²) in [7, 11) is -4.94. The number of hydrogen-bond donors (Lipinski definition) is 0. The van der Waals surface area contributed by atoms with E-state index in [9.17, 15) is 0 Å². The Balaban J connectivity index is 0.000000312. The summed E-state index contributed by atoms with van der Waals surface area (Å²) in [6.45, 7) is 3.08. The number of aryl methyl sites for hydroxylation is 1. The zero-order valence-electron chi connectivity index (χ0n) is 10.4. The Kier molecular flexibility index (Phi) is 5.88. The number of nitrogens with zero attached hydrogens (tertiary/aromatic N) is 1. The second-order valence-electron chi connectivity index (χ2n) is 3.83. The molecule has 0 aliphatic heterocycles. The van der Waals surface area contributed by atoms with Crippen LogP contribution in [0, 0.1) is 17.2 Å². The molecule has 1 aromatic carbocycles. The predicted molar refractivity (Wildman–Crippen MR) is 56.9 cm³/mol. The number of hydrogen-bond acceptors (Lipinski definition) is 4. The Morgan fingerprint density at radius 2 is 1.42 bits per heavy atom. The first-order valence-electron chi connectivity index (χ1n) is 5.47. The highest BCUT2D eigenvalue weighted by molar-refractivity contribution is 5.13. The summed E-state index contributed by atoms with van der Waals surface area (Å²) in [6.07, 6.45) is 2.11. The molecule has 2 aromatic rings. The van der Waals surface area contributed by atoms with Gasteiger partial charge >= 0.3 is 0 Å². The summed E-state index contributed by atoms with van der Waals surface area (Å²) in [6, 6.07) is 16.8. The molecule has 0 saturated carbocycles. The van der Waals surface area contributed by atoms with Gasteiger partial charge in [0, 0.05) is 24.6 Å². The molecule has 19 heavy (non-hydrogen) atoms. The maximum atomic E-state index is 8.49. The third kappa shape index (κ3) is 7.50. The monoisotopic (exact) mass is 283 g/mol. The molecule has 0 aliphatic carbocycles. The summed E-state index contributed by atoms with van der Waals surface area (Å²) in [5.41, 5.74) is 2.63. The molecule has 0 radical (unpaired) electrons. The molecule has 0 spiro atoms. The molecule has 0 unspecified atom stereocenters. The van der Waals surface area contributed by atoms with E-state index in [1.165, 1.54) is 11.3 Å². The van der Waals surface area contributed by atoms with E-state index in [-0.39, 0.29) is 0 Å². The van der Waals surface area contributed by atoms with Gasteiger partial charge in [-0.05, 0) is 0 Å². The van der Waals surface area contributed by atoms with E-state index in [0.717, 1.165) is 6.54 Å². The molecule has 0 bridgehead atoms. The lowest BCUT2D eigenvalue weighted by Crippen LogP contribution is -2.68. The summed E-state index contributed by atoms with van der Waals surface area (Å²) in [5.74, 6) is 0. The SMILES string of the molecule is Cc1cccc[n+]1Cc1ccccc1.[O-][Cl+3]([O-])([O-])[O-]. The van der Waals surface area contributed by atoms with Crippen molar-refractivity contribution < 1.29 is 33.4 Å². The van der Waals surface area contributed by atoms with Gasteiger partial charge in [-0.1, -0.05) is 36.4 Å². The predicted octanol–water partition coefficient (Wildman–Crippen LogP) is -2.43. The Morgan fingerprint density at radius 3 is 1.95 bits per heavy atom. The van der Waals surface area contributed by atoms with Gasteiger partial charge in [-0.15, -0.1) is 10.2 Å². The van der Waals surface area contributed by atoms with Crippen LogP contribution in [0.25, 0.3) is 0 Å². The number of rotatable bonds is 2. The first-order chi connectivity index (χ1) is 8.86. The van der Waals surface area contributed by atoms with E-state index < -0.39 is 10.2 Å². The molecule has 5 nitrogen and oxygen atoms in total. The second-order valence-corrected chi connectivity index (χ2v) is 4.59. The first kappa shape index (κ1) is 15.6. The number of benzene rings is 1. The maximum Gasteiger partial charge on any atom is 0.178 e. The average Bonchev–Trinajstić information content (AvgIpc) is 2.31. The van der Waals surface area contributed by atoms with E-state index in [1.54, 1.807) is 0 Å². The Hall–Kier alpha value is -1.50. The highest BCUT2D eigenvalue weighted by Crippen LogP contribution is 1.98. The van der Waals surface area contributed by atoms with Gasteiger partial charge in [-0.2, -0.15) is 4.57 Å². The van der Waals surface area contributed by atoms with Crippen molar-refractivity contribution in [2.45, 2.75) is 13.5 Å². The van der Waals surface area contributed by atoms with Gasteiger partial charge in [-0.25, -0.2) is 18.6 Å². The van der Waals surface area contributed by atoms with Crippen molar-refractivity contribution in [3.05, 3.63) is 66.0 Å². The molecular weight excluding hydrogens is 270 g/mol. The van der Waals surface area contributed by atoms with Crippen LogP contribution in [-0.2, 0) is 6.54 Å². The van der Waals surface area contributed by atoms with E-state index >= 15 is 0 Å². The topological polar surface area (TPSA) is 96.1 Å². The molecule has 0 saturated heterocycles. The molecule has 0 N–H and O–H groups in total. The minimum absolute atomic E-state index is 0.952. The van der Waals surface area contributed by atoms with Crippen molar-refractivity contribution >= 4 is 0 Å². The molecule has 0 fully saturated rings. The third-order valence-electron chi connectivity index (χ3n) is 2.36. The number of aromatic nitrogens is 1. The van der Waals surface area contributed by atoms with Gasteiger partial charge in [-0.3, -0.25) is 0 Å². The molecular formula is C13H14ClNO4. The molecule has 1 aromatic heterocycles. The van der Waals surface area contributed by atoms with Crippen LogP contribution in [-0.4, -0.2) is 0 Å². The van der Waals surface area contributed by atoms with Crippen LogP contribution in [0.3, 0.4) is 0 Å². The van der Waals surface area contributed by atoms with Crippen LogP contribution in [0.4, 0.5) is 0 Å². The van der Waals surface area contributed by atoms with Gasteiger partial charge in [0.1, 0.15) is 0 Å². The Labute approximate surface area is 113 Å². The lowest BCUT2D eigenvalue weighted by atomic mass is 10.2. The summed E-state index contributed by atoms with van der Waals surface area (Å²) < 4.78 is 36.2. The molecule has 102 valence electrons. The van der Waals surface area contributed by atoms with Crippen molar-refractivity contribution in [3.63, 3.8) is 0 Å². The third-order valence-corrected chi connectivity index (χ3v) is 2.36. The van der Waals surface area contributed by atoms with E-state index in [4.69, 9.17) is 18.6 Å². The van der Waals surface area contributed by atoms with Gasteiger partial charge in [0.2, 0.25) is 0 Å². The summed E-state index contributed by atoms with van der Waals surface area (Å²) in [5, 5.41) is 0. The Morgan fingerprint density at radius 1 is 0.895 bits per heavy atom. The van der Waals surface area contributed by atoms with E-state index in [0.29, 0.717) is 0 Å². The van der Waals surface area contributed by atoms with Crippen LogP contribution in [0.1, 0.15) is 11.3 Å².